The molecule has 0 unspecified atom stereocenters. The van der Waals surface area contributed by atoms with E-state index in [1.165, 1.54) is 0 Å². The molecule has 0 N–H and O–H groups in total. The van der Waals surface area contributed by atoms with Crippen molar-refractivity contribution in [2.45, 2.75) is 26.7 Å². The second-order valence-corrected chi connectivity index (χ2v) is 9.94. The van der Waals surface area contributed by atoms with Crippen molar-refractivity contribution in [3.05, 3.63) is 30.3 Å². The summed E-state index contributed by atoms with van der Waals surface area (Å²) in [6.07, 6.45) is 1.39. The van der Waals surface area contributed by atoms with Gasteiger partial charge in [-0.3, -0.25) is 0 Å². The molecule has 0 heterocycles. The van der Waals surface area contributed by atoms with E-state index in [1.807, 2.05) is 37.3 Å². The molecule has 0 radical (unpaired) electrons. The molecule has 0 fully saturated rings. The molecule has 0 spiro atoms. The predicted molar refractivity (Wildman–Crippen MR) is 62.4 cm³/mol. The van der Waals surface area contributed by atoms with E-state index >= 15 is 0 Å². The van der Waals surface area contributed by atoms with Crippen LogP contribution in [0.25, 0.3) is 0 Å². The van der Waals surface area contributed by atoms with E-state index in [-0.39, 0.29) is 8.68 Å². The Labute approximate surface area is 95.7 Å². The van der Waals surface area contributed by atoms with Crippen molar-refractivity contribution in [3.8, 4) is 0 Å². The summed E-state index contributed by atoms with van der Waals surface area (Å²) in [4.78, 5) is 23.4. The fraction of sp³-hybridized carbons (Fsp3) is 0.333. The van der Waals surface area contributed by atoms with Crippen molar-refractivity contribution in [1.29, 1.82) is 0 Å². The molecule has 0 amide bonds. The first-order valence-corrected chi connectivity index (χ1v) is 8.88. The summed E-state index contributed by atoms with van der Waals surface area (Å²) >= 11 is -2.58. The standard InChI is InChI=1S/C6H5.C4H7O.C2H3O.Ga/c1-2-4-6-5-3-1;1-2-3-4-5;1-2-3;/h1-5H;2-3H2,1H3;1H3;. The van der Waals surface area contributed by atoms with Gasteiger partial charge >= 0.3 is 95.6 Å². The van der Waals surface area contributed by atoms with Crippen molar-refractivity contribution in [1.82, 2.24) is 0 Å². The van der Waals surface area contributed by atoms with Crippen LogP contribution in [0.2, 0.25) is 0 Å². The maximum atomic E-state index is 11.8. The number of carbonyl (C=O) groups is 2. The Bertz CT molecular complexity index is 346. The Morgan fingerprint density at radius 3 is 2.27 bits per heavy atom. The SMILES string of the molecule is CCC[C](=O)[Ga]([C](C)=O)[c]1ccccc1. The molecule has 0 aliphatic heterocycles. The van der Waals surface area contributed by atoms with Gasteiger partial charge in [0.25, 0.3) is 0 Å². The fourth-order valence-corrected chi connectivity index (χ4v) is 6.88. The van der Waals surface area contributed by atoms with Crippen molar-refractivity contribution in [3.63, 3.8) is 0 Å². The van der Waals surface area contributed by atoms with Crippen molar-refractivity contribution in [2.24, 2.45) is 0 Å². The third-order valence-corrected chi connectivity index (χ3v) is 8.23. The van der Waals surface area contributed by atoms with Crippen LogP contribution in [0.15, 0.2) is 30.3 Å². The summed E-state index contributed by atoms with van der Waals surface area (Å²) in [7, 11) is 0. The number of hydrogen-bond donors (Lipinski definition) is 0. The summed E-state index contributed by atoms with van der Waals surface area (Å²) in [6, 6.07) is 9.54. The molecule has 78 valence electrons. The quantitative estimate of drug-likeness (QED) is 0.751. The van der Waals surface area contributed by atoms with E-state index in [2.05, 4.69) is 0 Å². The van der Waals surface area contributed by atoms with Gasteiger partial charge in [-0.15, -0.1) is 0 Å². The van der Waals surface area contributed by atoms with Gasteiger partial charge in [0.2, 0.25) is 0 Å². The first kappa shape index (κ1) is 12.3. The van der Waals surface area contributed by atoms with E-state index in [0.717, 1.165) is 10.5 Å². The van der Waals surface area contributed by atoms with Crippen LogP contribution < -0.4 is 4.12 Å². The van der Waals surface area contributed by atoms with Crippen LogP contribution in [0.5, 0.6) is 0 Å². The Hall–Kier alpha value is -0.804. The molecule has 1 aromatic rings. The zero-order valence-electron chi connectivity index (χ0n) is 9.19. The summed E-state index contributed by atoms with van der Waals surface area (Å²) in [6.45, 7) is 3.54. The number of rotatable bonds is 5. The summed E-state index contributed by atoms with van der Waals surface area (Å²) in [5, 5.41) is 0. The van der Waals surface area contributed by atoms with E-state index in [4.69, 9.17) is 0 Å². The Morgan fingerprint density at radius 2 is 1.80 bits per heavy atom. The third-order valence-electron chi connectivity index (χ3n) is 2.36. The molecule has 0 aromatic heterocycles. The van der Waals surface area contributed by atoms with Gasteiger partial charge in [0.05, 0.1) is 0 Å². The Balaban J connectivity index is 2.94. The van der Waals surface area contributed by atoms with Crippen LogP contribution in [0.1, 0.15) is 26.7 Å². The molecule has 1 rings (SSSR count). The molecule has 15 heavy (non-hydrogen) atoms. The number of carbonyl (C=O) groups excluding carboxylic acids is 2. The van der Waals surface area contributed by atoms with Crippen LogP contribution >= 0.6 is 0 Å². The van der Waals surface area contributed by atoms with Crippen molar-refractivity contribution in [2.75, 3.05) is 0 Å². The molecule has 0 atom stereocenters. The van der Waals surface area contributed by atoms with Crippen LogP contribution in [0.4, 0.5) is 0 Å². The summed E-state index contributed by atoms with van der Waals surface area (Å²) in [5.74, 6) is 0. The zero-order chi connectivity index (χ0) is 11.3. The molecule has 0 saturated heterocycles. The second kappa shape index (κ2) is 5.93. The minimum atomic E-state index is -2.58. The van der Waals surface area contributed by atoms with E-state index in [1.54, 1.807) is 6.92 Å². The average Bonchev–Trinajstić information content (AvgIpc) is 2.19. The molecular weight excluding hydrogens is 246 g/mol. The Morgan fingerprint density at radius 1 is 1.20 bits per heavy atom. The van der Waals surface area contributed by atoms with Crippen LogP contribution in [0, 0.1) is 0 Å². The molecular formula is C12H15GaO2. The predicted octanol–water partition coefficient (Wildman–Crippen LogP) is 1.43. The zero-order valence-corrected chi connectivity index (χ0v) is 11.6. The molecule has 3 heteroatoms. The molecule has 1 aromatic carbocycles. The molecule has 0 saturated carbocycles. The van der Waals surface area contributed by atoms with Gasteiger partial charge in [0.15, 0.2) is 0 Å². The van der Waals surface area contributed by atoms with Crippen molar-refractivity contribution >= 4 is 29.0 Å². The number of hydrogen-bond acceptors (Lipinski definition) is 2. The summed E-state index contributed by atoms with van der Waals surface area (Å²) < 4.78 is 1.33. The van der Waals surface area contributed by atoms with Crippen molar-refractivity contribution < 1.29 is 9.59 Å². The second-order valence-electron chi connectivity index (χ2n) is 3.67. The fourth-order valence-electron chi connectivity index (χ4n) is 1.68. The number of benzene rings is 1. The van der Waals surface area contributed by atoms with Crippen LogP contribution in [0.3, 0.4) is 0 Å². The average molecular weight is 261 g/mol. The Kier molecular flexibility index (Phi) is 4.85. The minimum absolute atomic E-state index is 0.118. The topological polar surface area (TPSA) is 34.1 Å². The van der Waals surface area contributed by atoms with E-state index < -0.39 is 16.2 Å². The molecule has 2 nitrogen and oxygen atoms in total. The first-order chi connectivity index (χ1) is 7.16. The maximum absolute atomic E-state index is 11.8. The van der Waals surface area contributed by atoms with Gasteiger partial charge in [0, 0.05) is 0 Å². The van der Waals surface area contributed by atoms with Gasteiger partial charge in [-0.1, -0.05) is 0 Å². The van der Waals surface area contributed by atoms with Crippen LogP contribution in [-0.4, -0.2) is 24.9 Å². The van der Waals surface area contributed by atoms with Crippen LogP contribution in [-0.2, 0) is 9.59 Å². The summed E-state index contributed by atoms with van der Waals surface area (Å²) in [5.41, 5.74) is 0. The molecule has 0 bridgehead atoms. The van der Waals surface area contributed by atoms with Gasteiger partial charge < -0.3 is 0 Å². The van der Waals surface area contributed by atoms with Gasteiger partial charge in [-0.25, -0.2) is 0 Å². The monoisotopic (exact) mass is 260 g/mol. The van der Waals surface area contributed by atoms with E-state index in [0.29, 0.717) is 6.42 Å². The van der Waals surface area contributed by atoms with Gasteiger partial charge in [0.1, 0.15) is 0 Å². The first-order valence-electron chi connectivity index (χ1n) is 5.25. The normalized spacial score (nSPS) is 9.73. The van der Waals surface area contributed by atoms with Gasteiger partial charge in [-0.2, -0.15) is 0 Å². The third kappa shape index (κ3) is 3.36. The molecule has 0 aliphatic rings. The van der Waals surface area contributed by atoms with E-state index in [9.17, 15) is 9.59 Å². The van der Waals surface area contributed by atoms with Gasteiger partial charge in [-0.05, 0) is 0 Å². The molecule has 0 aliphatic carbocycles.